The van der Waals surface area contributed by atoms with Gasteiger partial charge in [0.2, 0.25) is 5.90 Å². The normalized spacial score (nSPS) is 14.6. The zero-order valence-corrected chi connectivity index (χ0v) is 16.1. The Morgan fingerprint density at radius 2 is 2.00 bits per heavy atom. The van der Waals surface area contributed by atoms with E-state index in [0.717, 1.165) is 0 Å². The minimum Gasteiger partial charge on any atom is -0.493 e. The van der Waals surface area contributed by atoms with E-state index in [9.17, 15) is 9.59 Å². The van der Waals surface area contributed by atoms with Gasteiger partial charge in [0.05, 0.1) is 22.7 Å². The summed E-state index contributed by atoms with van der Waals surface area (Å²) >= 11 is 12.3. The van der Waals surface area contributed by atoms with Gasteiger partial charge in [0.25, 0.3) is 5.91 Å². The van der Waals surface area contributed by atoms with Crippen molar-refractivity contribution in [3.63, 3.8) is 0 Å². The number of carbonyl (C=O) groups is 2. The van der Waals surface area contributed by atoms with Crippen molar-refractivity contribution in [1.29, 1.82) is 0 Å². The van der Waals surface area contributed by atoms with Crippen molar-refractivity contribution >= 4 is 47.1 Å². The number of ether oxygens (including phenoxy) is 3. The monoisotopic (exact) mass is 420 g/mol. The number of amides is 1. The zero-order valence-electron chi connectivity index (χ0n) is 14.6. The summed E-state index contributed by atoms with van der Waals surface area (Å²) in [5.41, 5.74) is 6.17. The number of aliphatic imine (C=N–C) groups is 1. The number of esters is 1. The van der Waals surface area contributed by atoms with Gasteiger partial charge < -0.3 is 19.9 Å². The number of hydrogen-bond donors (Lipinski definition) is 1. The lowest BCUT2D eigenvalue weighted by molar-refractivity contribution is -0.130. The Hall–Kier alpha value is -3.03. The molecule has 1 aliphatic rings. The highest BCUT2D eigenvalue weighted by Crippen LogP contribution is 2.37. The van der Waals surface area contributed by atoms with E-state index in [2.05, 4.69) is 4.99 Å². The smallest absolute Gasteiger partial charge is 0.363 e. The molecule has 0 bridgehead atoms. The quantitative estimate of drug-likeness (QED) is 0.570. The van der Waals surface area contributed by atoms with Crippen LogP contribution in [0.3, 0.4) is 0 Å². The summed E-state index contributed by atoms with van der Waals surface area (Å²) < 4.78 is 15.7. The second kappa shape index (κ2) is 8.33. The van der Waals surface area contributed by atoms with Gasteiger partial charge in [-0.15, -0.1) is 0 Å². The molecule has 0 saturated heterocycles. The van der Waals surface area contributed by atoms with Gasteiger partial charge >= 0.3 is 5.97 Å². The minimum atomic E-state index is -0.653. The fraction of sp³-hybridized carbons (Fsp3) is 0.105. The lowest BCUT2D eigenvalue weighted by Gasteiger charge is -2.12. The average molecular weight is 421 g/mol. The van der Waals surface area contributed by atoms with Crippen LogP contribution in [0, 0.1) is 0 Å². The average Bonchev–Trinajstić information content (AvgIpc) is 3.00. The molecule has 2 aromatic rings. The van der Waals surface area contributed by atoms with Crippen molar-refractivity contribution in [3.8, 4) is 11.5 Å². The van der Waals surface area contributed by atoms with Crippen LogP contribution in [0.2, 0.25) is 10.0 Å². The van der Waals surface area contributed by atoms with Crippen LogP contribution in [0.5, 0.6) is 11.5 Å². The molecule has 7 nitrogen and oxygen atoms in total. The summed E-state index contributed by atoms with van der Waals surface area (Å²) in [5, 5.41) is 0.588. The van der Waals surface area contributed by atoms with E-state index in [1.54, 1.807) is 30.3 Å². The Kier molecular flexibility index (Phi) is 5.87. The van der Waals surface area contributed by atoms with Gasteiger partial charge in [0.1, 0.15) is 0 Å². The lowest BCUT2D eigenvalue weighted by atomic mass is 10.1. The van der Waals surface area contributed by atoms with Crippen LogP contribution in [0.25, 0.3) is 6.08 Å². The Balaban J connectivity index is 1.94. The van der Waals surface area contributed by atoms with Gasteiger partial charge in [-0.1, -0.05) is 35.3 Å². The standard InChI is InChI=1S/C19H14Cl2N2O5/c1-26-15-8-10(6-13(21)17(15)27-9-16(22)24)7-14-19(25)28-18(23-14)11-4-2-3-5-12(11)20/h2-8H,9H2,1H3,(H2,22,24). The van der Waals surface area contributed by atoms with Crippen molar-refractivity contribution < 1.29 is 23.8 Å². The van der Waals surface area contributed by atoms with Gasteiger partial charge in [0, 0.05) is 0 Å². The Morgan fingerprint density at radius 3 is 2.68 bits per heavy atom. The van der Waals surface area contributed by atoms with E-state index in [4.69, 9.17) is 43.1 Å². The molecule has 1 aliphatic heterocycles. The van der Waals surface area contributed by atoms with Crippen LogP contribution in [-0.4, -0.2) is 31.5 Å². The molecular weight excluding hydrogens is 407 g/mol. The van der Waals surface area contributed by atoms with Gasteiger partial charge in [-0.3, -0.25) is 4.79 Å². The zero-order chi connectivity index (χ0) is 20.3. The van der Waals surface area contributed by atoms with E-state index in [-0.39, 0.29) is 34.7 Å². The number of rotatable bonds is 6. The molecule has 2 N–H and O–H groups in total. The molecule has 28 heavy (non-hydrogen) atoms. The van der Waals surface area contributed by atoms with Crippen LogP contribution in [0.1, 0.15) is 11.1 Å². The number of benzene rings is 2. The molecule has 0 radical (unpaired) electrons. The number of halogens is 2. The first-order valence-electron chi connectivity index (χ1n) is 7.95. The second-order valence-electron chi connectivity index (χ2n) is 5.60. The van der Waals surface area contributed by atoms with E-state index in [1.807, 2.05) is 0 Å². The molecule has 3 rings (SSSR count). The summed E-state index contributed by atoms with van der Waals surface area (Å²) in [6.45, 7) is -0.353. The summed E-state index contributed by atoms with van der Waals surface area (Å²) in [4.78, 5) is 27.3. The predicted molar refractivity (Wildman–Crippen MR) is 105 cm³/mol. The fourth-order valence-electron chi connectivity index (χ4n) is 2.42. The molecule has 2 aromatic carbocycles. The lowest BCUT2D eigenvalue weighted by Crippen LogP contribution is -2.20. The molecular formula is C19H14Cl2N2O5. The van der Waals surface area contributed by atoms with Crippen LogP contribution < -0.4 is 15.2 Å². The van der Waals surface area contributed by atoms with Crippen molar-refractivity contribution in [3.05, 3.63) is 63.3 Å². The second-order valence-corrected chi connectivity index (χ2v) is 6.42. The third-order valence-corrected chi connectivity index (χ3v) is 4.25. The van der Waals surface area contributed by atoms with E-state index < -0.39 is 11.9 Å². The van der Waals surface area contributed by atoms with E-state index in [0.29, 0.717) is 16.1 Å². The Labute approximate surface area is 170 Å². The largest absolute Gasteiger partial charge is 0.493 e. The van der Waals surface area contributed by atoms with E-state index in [1.165, 1.54) is 19.3 Å². The van der Waals surface area contributed by atoms with Crippen LogP contribution >= 0.6 is 23.2 Å². The van der Waals surface area contributed by atoms with Crippen molar-refractivity contribution in [1.82, 2.24) is 0 Å². The van der Waals surface area contributed by atoms with Gasteiger partial charge in [-0.05, 0) is 35.9 Å². The predicted octanol–water partition coefficient (Wildman–Crippen LogP) is 3.21. The van der Waals surface area contributed by atoms with E-state index >= 15 is 0 Å². The first-order valence-corrected chi connectivity index (χ1v) is 8.70. The molecule has 0 fully saturated rings. The fourth-order valence-corrected chi connectivity index (χ4v) is 2.91. The Bertz CT molecular complexity index is 1020. The molecule has 1 amide bonds. The van der Waals surface area contributed by atoms with Crippen molar-refractivity contribution in [2.75, 3.05) is 13.7 Å². The molecule has 9 heteroatoms. The number of nitrogens with zero attached hydrogens (tertiary/aromatic N) is 1. The molecule has 1 heterocycles. The van der Waals surface area contributed by atoms with Gasteiger partial charge in [0.15, 0.2) is 23.8 Å². The summed E-state index contributed by atoms with van der Waals surface area (Å²) in [6.07, 6.45) is 1.48. The third-order valence-electron chi connectivity index (χ3n) is 3.64. The third kappa shape index (κ3) is 4.27. The van der Waals surface area contributed by atoms with Gasteiger partial charge in [-0.25, -0.2) is 9.79 Å². The maximum absolute atomic E-state index is 12.2. The highest BCUT2D eigenvalue weighted by molar-refractivity contribution is 6.34. The number of cyclic esters (lactones) is 1. The molecule has 0 aromatic heterocycles. The minimum absolute atomic E-state index is 0.0684. The molecule has 0 spiro atoms. The number of hydrogen-bond acceptors (Lipinski definition) is 6. The molecule has 0 atom stereocenters. The van der Waals surface area contributed by atoms with Crippen LogP contribution in [0.15, 0.2) is 47.1 Å². The van der Waals surface area contributed by atoms with Crippen molar-refractivity contribution in [2.45, 2.75) is 0 Å². The van der Waals surface area contributed by atoms with Crippen LogP contribution in [0.4, 0.5) is 0 Å². The number of nitrogens with two attached hydrogens (primary N) is 1. The molecule has 0 unspecified atom stereocenters. The maximum Gasteiger partial charge on any atom is 0.363 e. The maximum atomic E-state index is 12.2. The number of methoxy groups -OCH3 is 1. The molecule has 144 valence electrons. The summed E-state index contributed by atoms with van der Waals surface area (Å²) in [6, 6.07) is 9.99. The number of primary amides is 1. The first kappa shape index (κ1) is 19.7. The molecule has 0 aliphatic carbocycles. The van der Waals surface area contributed by atoms with Crippen molar-refractivity contribution in [2.24, 2.45) is 10.7 Å². The highest BCUT2D eigenvalue weighted by atomic mass is 35.5. The van der Waals surface area contributed by atoms with Gasteiger partial charge in [-0.2, -0.15) is 0 Å². The summed E-state index contributed by atoms with van der Waals surface area (Å²) in [7, 11) is 1.41. The topological polar surface area (TPSA) is 100 Å². The summed E-state index contributed by atoms with van der Waals surface area (Å²) in [5.74, 6) is -0.735. The molecule has 0 saturated carbocycles. The first-order chi connectivity index (χ1) is 13.4. The Morgan fingerprint density at radius 1 is 1.25 bits per heavy atom. The highest BCUT2D eigenvalue weighted by Gasteiger charge is 2.25. The SMILES string of the molecule is COc1cc(C=C2N=C(c3ccccc3Cl)OC2=O)cc(Cl)c1OCC(N)=O. The number of carbonyl (C=O) groups excluding carboxylic acids is 2. The van der Waals surface area contributed by atoms with Crippen LogP contribution in [-0.2, 0) is 14.3 Å².